The lowest BCUT2D eigenvalue weighted by molar-refractivity contribution is 0.0983. The lowest BCUT2D eigenvalue weighted by Crippen LogP contribution is -2.03. The van der Waals surface area contributed by atoms with Crippen molar-refractivity contribution in [2.24, 2.45) is 0 Å². The second-order valence-electron chi connectivity index (χ2n) is 5.53. The minimum absolute atomic E-state index is 0.178. The number of hydrogen-bond acceptors (Lipinski definition) is 2. The average molecular weight is 282 g/mol. The van der Waals surface area contributed by atoms with Crippen LogP contribution in [0.4, 0.5) is 0 Å². The van der Waals surface area contributed by atoms with Gasteiger partial charge in [0.15, 0.2) is 5.78 Å². The van der Waals surface area contributed by atoms with Gasteiger partial charge < -0.3 is 4.74 Å². The summed E-state index contributed by atoms with van der Waals surface area (Å²) in [5.74, 6) is 0.953. The number of ketones is 1. The first-order valence-electron chi connectivity index (χ1n) is 7.25. The van der Waals surface area contributed by atoms with E-state index in [9.17, 15) is 4.79 Å². The Labute approximate surface area is 126 Å². The number of benzene rings is 2. The summed E-state index contributed by atoms with van der Waals surface area (Å²) in [5.41, 5.74) is 5.86. The molecule has 0 aliphatic rings. The van der Waals surface area contributed by atoms with Gasteiger partial charge >= 0.3 is 0 Å². The molecule has 0 bridgehead atoms. The van der Waals surface area contributed by atoms with Crippen LogP contribution in [0.25, 0.3) is 0 Å². The smallest absolute Gasteiger partial charge is 0.163 e. The van der Waals surface area contributed by atoms with Crippen LogP contribution in [0.2, 0.25) is 0 Å². The van der Waals surface area contributed by atoms with E-state index in [-0.39, 0.29) is 5.78 Å². The largest absolute Gasteiger partial charge is 0.497 e. The maximum atomic E-state index is 12.3. The highest BCUT2D eigenvalue weighted by atomic mass is 16.5. The average Bonchev–Trinajstić information content (AvgIpc) is 2.46. The van der Waals surface area contributed by atoms with Crippen molar-refractivity contribution in [2.75, 3.05) is 7.11 Å². The molecular weight excluding hydrogens is 260 g/mol. The summed E-state index contributed by atoms with van der Waals surface area (Å²) in [4.78, 5) is 12.3. The van der Waals surface area contributed by atoms with E-state index in [2.05, 4.69) is 32.9 Å². The van der Waals surface area contributed by atoms with Gasteiger partial charge in [0.05, 0.1) is 7.11 Å². The lowest BCUT2D eigenvalue weighted by atomic mass is 9.94. The van der Waals surface area contributed by atoms with E-state index in [1.807, 2.05) is 24.3 Å². The molecule has 0 amide bonds. The van der Waals surface area contributed by atoms with Crippen LogP contribution in [0.15, 0.2) is 36.4 Å². The van der Waals surface area contributed by atoms with Crippen LogP contribution < -0.4 is 4.74 Å². The molecule has 0 atom stereocenters. The van der Waals surface area contributed by atoms with Gasteiger partial charge in [-0.15, -0.1) is 0 Å². The Bertz CT molecular complexity index is 616. The van der Waals surface area contributed by atoms with Gasteiger partial charge in [-0.1, -0.05) is 17.7 Å². The number of hydrogen-bond donors (Lipinski definition) is 0. The van der Waals surface area contributed by atoms with Crippen molar-refractivity contribution < 1.29 is 9.53 Å². The Balaban J connectivity index is 2.07. The van der Waals surface area contributed by atoms with E-state index in [4.69, 9.17) is 4.74 Å². The normalized spacial score (nSPS) is 10.5. The molecule has 0 unspecified atom stereocenters. The van der Waals surface area contributed by atoms with Crippen LogP contribution in [0.1, 0.15) is 39.0 Å². The maximum absolute atomic E-state index is 12.3. The summed E-state index contributed by atoms with van der Waals surface area (Å²) in [6.45, 7) is 6.34. The van der Waals surface area contributed by atoms with Crippen LogP contribution in [-0.4, -0.2) is 12.9 Å². The molecule has 110 valence electrons. The third-order valence-corrected chi connectivity index (χ3v) is 3.85. The molecule has 0 saturated carbocycles. The molecule has 0 spiro atoms. The van der Waals surface area contributed by atoms with Crippen LogP contribution in [-0.2, 0) is 6.42 Å². The van der Waals surface area contributed by atoms with Crippen molar-refractivity contribution in [1.29, 1.82) is 0 Å². The van der Waals surface area contributed by atoms with Crippen molar-refractivity contribution in [3.63, 3.8) is 0 Å². The van der Waals surface area contributed by atoms with Crippen molar-refractivity contribution >= 4 is 5.78 Å². The zero-order chi connectivity index (χ0) is 15.4. The first-order chi connectivity index (χ1) is 10.0. The zero-order valence-corrected chi connectivity index (χ0v) is 13.2. The highest BCUT2D eigenvalue weighted by Crippen LogP contribution is 2.19. The second kappa shape index (κ2) is 6.57. The van der Waals surface area contributed by atoms with Gasteiger partial charge in [-0.05, 0) is 68.1 Å². The summed E-state index contributed by atoms with van der Waals surface area (Å²) >= 11 is 0. The summed E-state index contributed by atoms with van der Waals surface area (Å²) in [7, 11) is 1.62. The molecule has 21 heavy (non-hydrogen) atoms. The minimum atomic E-state index is 0.178. The highest BCUT2D eigenvalue weighted by molar-refractivity contribution is 5.96. The molecule has 0 heterocycles. The fourth-order valence-electron chi connectivity index (χ4n) is 2.76. The first kappa shape index (κ1) is 15.3. The van der Waals surface area contributed by atoms with Crippen LogP contribution in [0.3, 0.4) is 0 Å². The third-order valence-electron chi connectivity index (χ3n) is 3.85. The third kappa shape index (κ3) is 3.72. The number of carbonyl (C=O) groups is 1. The predicted molar refractivity (Wildman–Crippen MR) is 86.3 cm³/mol. The van der Waals surface area contributed by atoms with Gasteiger partial charge in [-0.3, -0.25) is 4.79 Å². The van der Waals surface area contributed by atoms with E-state index in [0.29, 0.717) is 6.42 Å². The quantitative estimate of drug-likeness (QED) is 0.758. The first-order valence-corrected chi connectivity index (χ1v) is 7.25. The fourth-order valence-corrected chi connectivity index (χ4v) is 2.76. The van der Waals surface area contributed by atoms with E-state index < -0.39 is 0 Å². The molecule has 0 aliphatic carbocycles. The maximum Gasteiger partial charge on any atom is 0.163 e. The number of Topliss-reactive ketones (excluding diaryl/α,β-unsaturated/α-hetero) is 1. The number of rotatable bonds is 5. The number of aryl methyl sites for hydroxylation is 3. The van der Waals surface area contributed by atoms with Gasteiger partial charge in [-0.2, -0.15) is 0 Å². The van der Waals surface area contributed by atoms with Gasteiger partial charge in [-0.25, -0.2) is 0 Å². The standard InChI is InChI=1S/C19H22O2/c1-13-11-14(2)18(15(3)12-13)9-10-19(20)16-5-7-17(21-4)8-6-16/h5-8,11-12H,9-10H2,1-4H3. The molecular formula is C19H22O2. The zero-order valence-electron chi connectivity index (χ0n) is 13.2. The van der Waals surface area contributed by atoms with Gasteiger partial charge in [0.2, 0.25) is 0 Å². The van der Waals surface area contributed by atoms with Gasteiger partial charge in [0.25, 0.3) is 0 Å². The molecule has 2 aromatic rings. The summed E-state index contributed by atoms with van der Waals surface area (Å²) in [6.07, 6.45) is 1.33. The molecule has 2 aromatic carbocycles. The van der Waals surface area contributed by atoms with Crippen molar-refractivity contribution in [3.8, 4) is 5.75 Å². The van der Waals surface area contributed by atoms with Gasteiger partial charge in [0.1, 0.15) is 5.75 Å². The Morgan fingerprint density at radius 2 is 1.57 bits per heavy atom. The van der Waals surface area contributed by atoms with Crippen LogP contribution in [0, 0.1) is 20.8 Å². The SMILES string of the molecule is COc1ccc(C(=O)CCc2c(C)cc(C)cc2C)cc1. The molecule has 0 fully saturated rings. The fraction of sp³-hybridized carbons (Fsp3) is 0.316. The molecule has 2 heteroatoms. The molecule has 2 nitrogen and oxygen atoms in total. The Morgan fingerprint density at radius 3 is 2.10 bits per heavy atom. The summed E-state index contributed by atoms with van der Waals surface area (Å²) < 4.78 is 5.11. The van der Waals surface area contributed by atoms with E-state index in [0.717, 1.165) is 17.7 Å². The Kier molecular flexibility index (Phi) is 4.79. The molecule has 0 aliphatic heterocycles. The van der Waals surface area contributed by atoms with Gasteiger partial charge in [0, 0.05) is 12.0 Å². The monoisotopic (exact) mass is 282 g/mol. The van der Waals surface area contributed by atoms with Crippen molar-refractivity contribution in [1.82, 2.24) is 0 Å². The summed E-state index contributed by atoms with van der Waals surface area (Å²) in [6, 6.07) is 11.7. The van der Waals surface area contributed by atoms with Crippen molar-refractivity contribution in [2.45, 2.75) is 33.6 Å². The lowest BCUT2D eigenvalue weighted by Gasteiger charge is -2.11. The number of carbonyl (C=O) groups excluding carboxylic acids is 1. The van der Waals surface area contributed by atoms with E-state index >= 15 is 0 Å². The Morgan fingerprint density at radius 1 is 1.00 bits per heavy atom. The molecule has 2 rings (SSSR count). The summed E-state index contributed by atoms with van der Waals surface area (Å²) in [5, 5.41) is 0. The molecule has 0 N–H and O–H groups in total. The van der Waals surface area contributed by atoms with Crippen LogP contribution >= 0.6 is 0 Å². The predicted octanol–water partition coefficient (Wildman–Crippen LogP) is 4.44. The Hall–Kier alpha value is -2.09. The molecule has 0 saturated heterocycles. The highest BCUT2D eigenvalue weighted by Gasteiger charge is 2.09. The van der Waals surface area contributed by atoms with Crippen molar-refractivity contribution in [3.05, 3.63) is 64.2 Å². The number of ether oxygens (including phenoxy) is 1. The topological polar surface area (TPSA) is 26.3 Å². The minimum Gasteiger partial charge on any atom is -0.497 e. The molecule has 0 aromatic heterocycles. The van der Waals surface area contributed by atoms with Crippen LogP contribution in [0.5, 0.6) is 5.75 Å². The van der Waals surface area contributed by atoms with E-state index in [1.165, 1.54) is 22.3 Å². The second-order valence-corrected chi connectivity index (χ2v) is 5.53. The van der Waals surface area contributed by atoms with E-state index in [1.54, 1.807) is 7.11 Å². The number of methoxy groups -OCH3 is 1. The molecule has 0 radical (unpaired) electrons.